The summed E-state index contributed by atoms with van der Waals surface area (Å²) >= 11 is 5.74. The fourth-order valence-corrected chi connectivity index (χ4v) is 5.07. The smallest absolute Gasteiger partial charge is 0.280 e. The van der Waals surface area contributed by atoms with Gasteiger partial charge < -0.3 is 19.4 Å². The van der Waals surface area contributed by atoms with Gasteiger partial charge in [-0.15, -0.1) is 0 Å². The second kappa shape index (κ2) is 10.5. The number of pyridine rings is 1. The van der Waals surface area contributed by atoms with Crippen LogP contribution in [0.25, 0.3) is 11.3 Å². The molecule has 2 fully saturated rings. The normalized spacial score (nSPS) is 20.7. The van der Waals surface area contributed by atoms with E-state index in [0.29, 0.717) is 22.2 Å². The van der Waals surface area contributed by atoms with Crippen molar-refractivity contribution < 1.29 is 14.1 Å². The van der Waals surface area contributed by atoms with Gasteiger partial charge in [0, 0.05) is 38.4 Å². The highest BCUT2D eigenvalue weighted by Gasteiger charge is 2.41. The molecule has 35 heavy (non-hydrogen) atoms. The third-order valence-corrected chi connectivity index (χ3v) is 6.81. The van der Waals surface area contributed by atoms with E-state index in [9.17, 15) is 10.1 Å². The maximum absolute atomic E-state index is 11.5. The number of nitrogens with zero attached hydrogens (tertiary/aromatic N) is 4. The number of nitro benzene ring substituents is 1. The summed E-state index contributed by atoms with van der Waals surface area (Å²) in [7, 11) is 0. The van der Waals surface area contributed by atoms with Crippen LogP contribution >= 0.6 is 12.2 Å². The molecule has 2 atom stereocenters. The largest absolute Gasteiger partial charge is 0.459 e. The fraction of sp³-hybridized carbons (Fsp3) is 0.360. The molecular formula is C25H27N5O4S. The highest BCUT2D eigenvalue weighted by Crippen LogP contribution is 2.41. The van der Waals surface area contributed by atoms with Gasteiger partial charge in [0.15, 0.2) is 5.11 Å². The topological polar surface area (TPSA) is 96.9 Å². The van der Waals surface area contributed by atoms with Crippen LogP contribution in [0.3, 0.4) is 0 Å². The summed E-state index contributed by atoms with van der Waals surface area (Å²) in [6, 6.07) is 15.7. The van der Waals surface area contributed by atoms with Crippen molar-refractivity contribution in [2.45, 2.75) is 18.5 Å². The van der Waals surface area contributed by atoms with E-state index in [1.54, 1.807) is 30.5 Å². The number of benzene rings is 1. The van der Waals surface area contributed by atoms with Crippen molar-refractivity contribution >= 4 is 23.0 Å². The average Bonchev–Trinajstić information content (AvgIpc) is 3.50. The number of nitro groups is 1. The second-order valence-electron chi connectivity index (χ2n) is 8.60. The summed E-state index contributed by atoms with van der Waals surface area (Å²) in [6.07, 6.45) is 2.70. The zero-order valence-electron chi connectivity index (χ0n) is 19.2. The lowest BCUT2D eigenvalue weighted by molar-refractivity contribution is -0.384. The molecule has 0 amide bonds. The van der Waals surface area contributed by atoms with Crippen LogP contribution in [0.1, 0.15) is 30.0 Å². The van der Waals surface area contributed by atoms with Crippen molar-refractivity contribution in [3.63, 3.8) is 0 Å². The van der Waals surface area contributed by atoms with Gasteiger partial charge in [-0.1, -0.05) is 18.2 Å². The Labute approximate surface area is 208 Å². The minimum absolute atomic E-state index is 0.0112. The minimum atomic E-state index is -0.390. The Morgan fingerprint density at radius 1 is 1.09 bits per heavy atom. The van der Waals surface area contributed by atoms with E-state index in [2.05, 4.69) is 20.1 Å². The van der Waals surface area contributed by atoms with E-state index in [1.807, 2.05) is 24.3 Å². The lowest BCUT2D eigenvalue weighted by Crippen LogP contribution is -2.38. The molecule has 9 nitrogen and oxygen atoms in total. The van der Waals surface area contributed by atoms with Gasteiger partial charge in [0.1, 0.15) is 17.6 Å². The van der Waals surface area contributed by atoms with Crippen LogP contribution < -0.4 is 5.32 Å². The lowest BCUT2D eigenvalue weighted by atomic mass is 10.0. The van der Waals surface area contributed by atoms with Crippen molar-refractivity contribution in [2.24, 2.45) is 0 Å². The van der Waals surface area contributed by atoms with Crippen molar-refractivity contribution in [2.75, 3.05) is 39.4 Å². The van der Waals surface area contributed by atoms with Crippen LogP contribution in [0.15, 0.2) is 65.2 Å². The predicted molar refractivity (Wildman–Crippen MR) is 135 cm³/mol. The molecular weight excluding hydrogens is 466 g/mol. The van der Waals surface area contributed by atoms with Crippen LogP contribution in [0, 0.1) is 10.1 Å². The van der Waals surface area contributed by atoms with Crippen LogP contribution in [-0.2, 0) is 4.74 Å². The molecule has 0 saturated carbocycles. The Bertz CT molecular complexity index is 1180. The lowest BCUT2D eigenvalue weighted by Gasteiger charge is -2.29. The molecule has 2 saturated heterocycles. The van der Waals surface area contributed by atoms with Gasteiger partial charge in [0.25, 0.3) is 5.69 Å². The number of rotatable bonds is 8. The summed E-state index contributed by atoms with van der Waals surface area (Å²) < 4.78 is 11.7. The van der Waals surface area contributed by atoms with Gasteiger partial charge in [0.2, 0.25) is 0 Å². The summed E-state index contributed by atoms with van der Waals surface area (Å²) in [5.74, 6) is 1.14. The van der Waals surface area contributed by atoms with E-state index >= 15 is 0 Å². The number of nitrogens with one attached hydrogen (secondary N) is 1. The molecule has 0 spiro atoms. The zero-order chi connectivity index (χ0) is 24.2. The molecule has 3 aromatic rings. The molecule has 0 bridgehead atoms. The Kier molecular flexibility index (Phi) is 7.03. The molecule has 2 aromatic heterocycles. The number of furan rings is 1. The van der Waals surface area contributed by atoms with Gasteiger partial charge >= 0.3 is 0 Å². The maximum atomic E-state index is 11.5. The number of hydrogen-bond donors (Lipinski definition) is 1. The first-order chi connectivity index (χ1) is 17.1. The fourth-order valence-electron chi connectivity index (χ4n) is 4.74. The molecule has 0 aliphatic carbocycles. The SMILES string of the molecule is O=[N+]([O-])c1ccccc1-c1ccc([C@H]2[C@H](c3ccccn3)NC(=S)N2CCCN2CCOCC2)o1. The highest BCUT2D eigenvalue weighted by atomic mass is 32.1. The number of morpholine rings is 1. The number of thiocarbonyl (C=S) groups is 1. The van der Waals surface area contributed by atoms with Crippen LogP contribution in [-0.4, -0.2) is 64.2 Å². The Morgan fingerprint density at radius 2 is 1.89 bits per heavy atom. The summed E-state index contributed by atoms with van der Waals surface area (Å²) in [4.78, 5) is 20.3. The van der Waals surface area contributed by atoms with E-state index in [-0.39, 0.29) is 17.8 Å². The highest BCUT2D eigenvalue weighted by molar-refractivity contribution is 7.80. The Hall–Kier alpha value is -3.34. The van der Waals surface area contributed by atoms with Crippen LogP contribution in [0.4, 0.5) is 5.69 Å². The number of para-hydroxylation sites is 1. The first-order valence-electron chi connectivity index (χ1n) is 11.7. The van der Waals surface area contributed by atoms with Gasteiger partial charge in [-0.3, -0.25) is 20.0 Å². The van der Waals surface area contributed by atoms with E-state index in [1.165, 1.54) is 6.07 Å². The maximum Gasteiger partial charge on any atom is 0.280 e. The van der Waals surface area contributed by atoms with Crippen molar-refractivity contribution in [3.8, 4) is 11.3 Å². The third kappa shape index (κ3) is 5.04. The summed E-state index contributed by atoms with van der Waals surface area (Å²) in [6.45, 7) is 5.14. The van der Waals surface area contributed by atoms with Crippen LogP contribution in [0.5, 0.6) is 0 Å². The molecule has 5 rings (SSSR count). The van der Waals surface area contributed by atoms with E-state index < -0.39 is 4.92 Å². The van der Waals surface area contributed by atoms with Gasteiger partial charge in [-0.2, -0.15) is 0 Å². The van der Waals surface area contributed by atoms with Gasteiger partial charge in [-0.05, 0) is 49.0 Å². The monoisotopic (exact) mass is 493 g/mol. The first-order valence-corrected chi connectivity index (χ1v) is 12.1. The van der Waals surface area contributed by atoms with Crippen molar-refractivity contribution in [3.05, 3.63) is 82.4 Å². The van der Waals surface area contributed by atoms with Gasteiger partial charge in [0.05, 0.1) is 35.4 Å². The number of ether oxygens (including phenoxy) is 1. The first kappa shape index (κ1) is 23.4. The average molecular weight is 494 g/mol. The van der Waals surface area contributed by atoms with E-state index in [0.717, 1.165) is 51.5 Å². The third-order valence-electron chi connectivity index (χ3n) is 6.46. The zero-order valence-corrected chi connectivity index (χ0v) is 20.0. The second-order valence-corrected chi connectivity index (χ2v) is 8.99. The summed E-state index contributed by atoms with van der Waals surface area (Å²) in [5.41, 5.74) is 1.32. The van der Waals surface area contributed by atoms with Crippen molar-refractivity contribution in [1.82, 2.24) is 20.1 Å². The minimum Gasteiger partial charge on any atom is -0.459 e. The standard InChI is InChI=1S/C25H27N5O4S/c31-30(32)20-8-2-1-6-18(20)21-9-10-22(34-21)24-23(19-7-3-4-11-26-19)27-25(35)29(24)13-5-12-28-14-16-33-17-15-28/h1-4,6-11,23-24H,5,12-17H2,(H,27,35)/t23-,24-/m0/s1. The molecule has 0 unspecified atom stereocenters. The van der Waals surface area contributed by atoms with E-state index in [4.69, 9.17) is 21.4 Å². The molecule has 182 valence electrons. The summed E-state index contributed by atoms with van der Waals surface area (Å²) in [5, 5.41) is 15.6. The molecule has 2 aliphatic heterocycles. The molecule has 4 heterocycles. The molecule has 1 aromatic carbocycles. The Morgan fingerprint density at radius 3 is 2.66 bits per heavy atom. The predicted octanol–water partition coefficient (Wildman–Crippen LogP) is 3.94. The van der Waals surface area contributed by atoms with Crippen molar-refractivity contribution in [1.29, 1.82) is 0 Å². The molecule has 0 radical (unpaired) electrons. The quantitative estimate of drug-likeness (QED) is 0.284. The van der Waals surface area contributed by atoms with Crippen LogP contribution in [0.2, 0.25) is 0 Å². The number of aromatic nitrogens is 1. The molecule has 10 heteroatoms. The Balaban J connectivity index is 1.42. The number of hydrogen-bond acceptors (Lipinski definition) is 7. The van der Waals surface area contributed by atoms with Gasteiger partial charge in [-0.25, -0.2) is 0 Å². The molecule has 2 aliphatic rings. The molecule has 1 N–H and O–H groups in total.